The molecule has 1 aromatic rings. The first-order chi connectivity index (χ1) is 8.83. The molecule has 1 aliphatic carbocycles. The molecule has 1 nitrogen and oxygen atoms in total. The van der Waals surface area contributed by atoms with E-state index in [2.05, 4.69) is 36.5 Å². The van der Waals surface area contributed by atoms with Crippen LogP contribution in [0.3, 0.4) is 0 Å². The molecule has 0 radical (unpaired) electrons. The van der Waals surface area contributed by atoms with Crippen molar-refractivity contribution in [2.75, 3.05) is 6.54 Å². The van der Waals surface area contributed by atoms with Crippen LogP contribution < -0.4 is 5.32 Å². The van der Waals surface area contributed by atoms with Crippen LogP contribution in [0.5, 0.6) is 0 Å². The molecule has 1 atom stereocenters. The first-order valence-electron chi connectivity index (χ1n) is 7.61. The Morgan fingerprint density at radius 1 is 1.11 bits per heavy atom. The van der Waals surface area contributed by atoms with Crippen LogP contribution in [0.1, 0.15) is 56.1 Å². The van der Waals surface area contributed by atoms with Gasteiger partial charge < -0.3 is 5.32 Å². The third-order valence-corrected chi connectivity index (χ3v) is 4.95. The average molecular weight is 243 g/mol. The van der Waals surface area contributed by atoms with Crippen LogP contribution in [0, 0.1) is 11.8 Å². The van der Waals surface area contributed by atoms with Gasteiger partial charge in [0, 0.05) is 13.1 Å². The Labute approximate surface area is 111 Å². The number of nitrogens with one attached hydrogen (secondary N) is 1. The fourth-order valence-electron chi connectivity index (χ4n) is 3.76. The van der Waals surface area contributed by atoms with Crippen molar-refractivity contribution in [3.05, 3.63) is 35.4 Å². The Kier molecular flexibility index (Phi) is 3.69. The van der Waals surface area contributed by atoms with E-state index in [0.29, 0.717) is 0 Å². The Morgan fingerprint density at radius 2 is 1.89 bits per heavy atom. The molecule has 2 aliphatic rings. The zero-order chi connectivity index (χ0) is 12.4. The molecule has 18 heavy (non-hydrogen) atoms. The van der Waals surface area contributed by atoms with Gasteiger partial charge in [-0.15, -0.1) is 0 Å². The van der Waals surface area contributed by atoms with Gasteiger partial charge in [-0.3, -0.25) is 0 Å². The summed E-state index contributed by atoms with van der Waals surface area (Å²) in [5.74, 6) is 2.70. The van der Waals surface area contributed by atoms with E-state index in [4.69, 9.17) is 0 Å². The fourth-order valence-corrected chi connectivity index (χ4v) is 3.76. The molecular formula is C17H25N. The molecule has 1 N–H and O–H groups in total. The maximum atomic E-state index is 3.59. The molecule has 1 aliphatic heterocycles. The standard InChI is InChI=1S/C17H25N/c1-13-6-8-14(9-7-13)10-16-12-18-11-15-4-2-3-5-17(15)16/h2-5,13-14,16,18H,6-12H2,1H3. The van der Waals surface area contributed by atoms with Crippen LogP contribution in [-0.2, 0) is 6.54 Å². The summed E-state index contributed by atoms with van der Waals surface area (Å²) in [4.78, 5) is 0. The maximum Gasteiger partial charge on any atom is 0.0208 e. The average Bonchev–Trinajstić information content (AvgIpc) is 2.42. The van der Waals surface area contributed by atoms with E-state index in [-0.39, 0.29) is 0 Å². The van der Waals surface area contributed by atoms with E-state index in [9.17, 15) is 0 Å². The SMILES string of the molecule is CC1CCC(CC2CNCc3ccccc32)CC1. The lowest BCUT2D eigenvalue weighted by molar-refractivity contribution is 0.260. The zero-order valence-electron chi connectivity index (χ0n) is 11.5. The van der Waals surface area contributed by atoms with Crippen molar-refractivity contribution >= 4 is 0 Å². The largest absolute Gasteiger partial charge is 0.312 e. The second-order valence-corrected chi connectivity index (χ2v) is 6.39. The Hall–Kier alpha value is -0.820. The summed E-state index contributed by atoms with van der Waals surface area (Å²) in [5, 5.41) is 3.59. The lowest BCUT2D eigenvalue weighted by Crippen LogP contribution is -2.30. The van der Waals surface area contributed by atoms with Gasteiger partial charge in [-0.2, -0.15) is 0 Å². The number of benzene rings is 1. The molecule has 0 bridgehead atoms. The van der Waals surface area contributed by atoms with Crippen molar-refractivity contribution < 1.29 is 0 Å². The highest BCUT2D eigenvalue weighted by Crippen LogP contribution is 2.36. The zero-order valence-corrected chi connectivity index (χ0v) is 11.5. The molecule has 1 saturated carbocycles. The van der Waals surface area contributed by atoms with Crippen LogP contribution in [0.15, 0.2) is 24.3 Å². The monoisotopic (exact) mass is 243 g/mol. The van der Waals surface area contributed by atoms with Gasteiger partial charge in [-0.05, 0) is 35.3 Å². The summed E-state index contributed by atoms with van der Waals surface area (Å²) in [6.45, 7) is 4.66. The lowest BCUT2D eigenvalue weighted by Gasteiger charge is -2.32. The van der Waals surface area contributed by atoms with Crippen LogP contribution in [0.2, 0.25) is 0 Å². The second kappa shape index (κ2) is 5.44. The molecular weight excluding hydrogens is 218 g/mol. The van der Waals surface area contributed by atoms with Gasteiger partial charge in [0.15, 0.2) is 0 Å². The fraction of sp³-hybridized carbons (Fsp3) is 0.647. The Morgan fingerprint density at radius 3 is 2.72 bits per heavy atom. The predicted octanol–water partition coefficient (Wildman–Crippen LogP) is 4.09. The lowest BCUT2D eigenvalue weighted by atomic mass is 9.76. The Balaban J connectivity index is 1.67. The van der Waals surface area contributed by atoms with E-state index < -0.39 is 0 Å². The highest BCUT2D eigenvalue weighted by Gasteiger charge is 2.25. The third kappa shape index (κ3) is 2.61. The minimum atomic E-state index is 0.758. The van der Waals surface area contributed by atoms with Crippen molar-refractivity contribution in [2.45, 2.75) is 51.5 Å². The van der Waals surface area contributed by atoms with Gasteiger partial charge in [0.2, 0.25) is 0 Å². The molecule has 1 heterocycles. The number of hydrogen-bond donors (Lipinski definition) is 1. The Bertz CT molecular complexity index is 390. The summed E-state index contributed by atoms with van der Waals surface area (Å²) < 4.78 is 0. The summed E-state index contributed by atoms with van der Waals surface area (Å²) in [6.07, 6.45) is 7.22. The molecule has 1 unspecified atom stereocenters. The van der Waals surface area contributed by atoms with E-state index in [1.54, 1.807) is 5.56 Å². The summed E-state index contributed by atoms with van der Waals surface area (Å²) in [6, 6.07) is 9.02. The van der Waals surface area contributed by atoms with E-state index in [1.165, 1.54) is 44.2 Å². The minimum absolute atomic E-state index is 0.758. The number of hydrogen-bond acceptors (Lipinski definition) is 1. The first kappa shape index (κ1) is 12.2. The maximum absolute atomic E-state index is 3.59. The molecule has 0 amide bonds. The van der Waals surface area contributed by atoms with Crippen molar-refractivity contribution in [1.82, 2.24) is 5.32 Å². The van der Waals surface area contributed by atoms with Crippen molar-refractivity contribution in [3.8, 4) is 0 Å². The topological polar surface area (TPSA) is 12.0 Å². The third-order valence-electron chi connectivity index (χ3n) is 4.95. The quantitative estimate of drug-likeness (QED) is 0.825. The highest BCUT2D eigenvalue weighted by molar-refractivity contribution is 5.32. The second-order valence-electron chi connectivity index (χ2n) is 6.39. The molecule has 3 rings (SSSR count). The number of rotatable bonds is 2. The van der Waals surface area contributed by atoms with Gasteiger partial charge in [0.25, 0.3) is 0 Å². The molecule has 1 heteroatoms. The van der Waals surface area contributed by atoms with Gasteiger partial charge in [-0.25, -0.2) is 0 Å². The molecule has 98 valence electrons. The molecule has 1 fully saturated rings. The van der Waals surface area contributed by atoms with Crippen molar-refractivity contribution in [3.63, 3.8) is 0 Å². The highest BCUT2D eigenvalue weighted by atomic mass is 14.9. The van der Waals surface area contributed by atoms with Crippen LogP contribution >= 0.6 is 0 Å². The number of fused-ring (bicyclic) bond motifs is 1. The van der Waals surface area contributed by atoms with E-state index >= 15 is 0 Å². The molecule has 0 spiro atoms. The van der Waals surface area contributed by atoms with Gasteiger partial charge in [0.05, 0.1) is 0 Å². The van der Waals surface area contributed by atoms with E-state index in [0.717, 1.165) is 24.3 Å². The smallest absolute Gasteiger partial charge is 0.0208 e. The van der Waals surface area contributed by atoms with Crippen LogP contribution in [0.25, 0.3) is 0 Å². The van der Waals surface area contributed by atoms with Gasteiger partial charge >= 0.3 is 0 Å². The summed E-state index contributed by atoms with van der Waals surface area (Å²) >= 11 is 0. The molecule has 0 saturated heterocycles. The van der Waals surface area contributed by atoms with Crippen LogP contribution in [0.4, 0.5) is 0 Å². The molecule has 0 aromatic heterocycles. The van der Waals surface area contributed by atoms with Crippen molar-refractivity contribution in [1.29, 1.82) is 0 Å². The minimum Gasteiger partial charge on any atom is -0.312 e. The van der Waals surface area contributed by atoms with Gasteiger partial charge in [0.1, 0.15) is 0 Å². The van der Waals surface area contributed by atoms with Gasteiger partial charge in [-0.1, -0.05) is 56.9 Å². The molecule has 1 aromatic carbocycles. The summed E-state index contributed by atoms with van der Waals surface area (Å²) in [7, 11) is 0. The van der Waals surface area contributed by atoms with Crippen LogP contribution in [-0.4, -0.2) is 6.54 Å². The van der Waals surface area contributed by atoms with Crippen molar-refractivity contribution in [2.24, 2.45) is 11.8 Å². The summed E-state index contributed by atoms with van der Waals surface area (Å²) in [5.41, 5.74) is 3.15. The predicted molar refractivity (Wildman–Crippen MR) is 76.6 cm³/mol. The normalized spacial score (nSPS) is 31.9. The first-order valence-corrected chi connectivity index (χ1v) is 7.61. The van der Waals surface area contributed by atoms with E-state index in [1.807, 2.05) is 0 Å².